The highest BCUT2D eigenvalue weighted by Crippen LogP contribution is 2.23. The van der Waals surface area contributed by atoms with E-state index in [1.54, 1.807) is 12.1 Å². The molecule has 0 saturated heterocycles. The summed E-state index contributed by atoms with van der Waals surface area (Å²) in [5.74, 6) is -0.632. The molecule has 2 N–H and O–H groups in total. The Bertz CT molecular complexity index is 555. The molecule has 126 valence electrons. The topological polar surface area (TPSA) is 67.4 Å². The number of carbonyl (C=O) groups excluding carboxylic acids is 2. The summed E-state index contributed by atoms with van der Waals surface area (Å²) in [5.41, 5.74) is 0.770. The molecule has 0 spiro atoms. The second-order valence-corrected chi connectivity index (χ2v) is 6.21. The van der Waals surface area contributed by atoms with Crippen LogP contribution in [0.3, 0.4) is 0 Å². The van der Waals surface area contributed by atoms with Crippen molar-refractivity contribution in [3.05, 3.63) is 28.8 Å². The summed E-state index contributed by atoms with van der Waals surface area (Å²) in [6.07, 6.45) is 7.22. The fourth-order valence-corrected chi connectivity index (χ4v) is 2.95. The van der Waals surface area contributed by atoms with Gasteiger partial charge in [0.25, 0.3) is 0 Å². The van der Waals surface area contributed by atoms with Crippen molar-refractivity contribution in [1.82, 2.24) is 5.32 Å². The van der Waals surface area contributed by atoms with Crippen LogP contribution in [0.5, 0.6) is 0 Å². The number of hydrogen-bond acceptors (Lipinski definition) is 4. The molecule has 6 heteroatoms. The summed E-state index contributed by atoms with van der Waals surface area (Å²) < 4.78 is 4.67. The number of anilines is 1. The second-order valence-electron chi connectivity index (χ2n) is 5.80. The van der Waals surface area contributed by atoms with Crippen molar-refractivity contribution < 1.29 is 14.3 Å². The second kappa shape index (κ2) is 8.89. The highest BCUT2D eigenvalue weighted by atomic mass is 35.5. The molecule has 23 heavy (non-hydrogen) atoms. The quantitative estimate of drug-likeness (QED) is 0.638. The van der Waals surface area contributed by atoms with Crippen molar-refractivity contribution >= 4 is 29.2 Å². The molecule has 1 amide bonds. The van der Waals surface area contributed by atoms with Crippen molar-refractivity contribution in [3.63, 3.8) is 0 Å². The van der Waals surface area contributed by atoms with Crippen LogP contribution in [-0.4, -0.2) is 31.6 Å². The average molecular weight is 339 g/mol. The highest BCUT2D eigenvalue weighted by molar-refractivity contribution is 6.33. The van der Waals surface area contributed by atoms with Gasteiger partial charge in [-0.05, 0) is 31.0 Å². The van der Waals surface area contributed by atoms with Crippen molar-refractivity contribution in [3.8, 4) is 0 Å². The smallest absolute Gasteiger partial charge is 0.337 e. The summed E-state index contributed by atoms with van der Waals surface area (Å²) in [7, 11) is 1.31. The first kappa shape index (κ1) is 17.8. The molecular formula is C17H23ClN2O3. The van der Waals surface area contributed by atoms with Gasteiger partial charge >= 0.3 is 5.97 Å². The van der Waals surface area contributed by atoms with Crippen molar-refractivity contribution in [2.24, 2.45) is 0 Å². The van der Waals surface area contributed by atoms with E-state index in [0.717, 1.165) is 12.8 Å². The SMILES string of the molecule is COC(=O)c1ccc(Cl)c(NC(=O)CNC2CCCCCC2)c1. The fraction of sp³-hybridized carbons (Fsp3) is 0.529. The number of carbonyl (C=O) groups is 2. The van der Waals surface area contributed by atoms with Crippen molar-refractivity contribution in [2.75, 3.05) is 19.0 Å². The van der Waals surface area contributed by atoms with Crippen LogP contribution in [0, 0.1) is 0 Å². The number of halogens is 1. The number of rotatable bonds is 5. The first-order valence-corrected chi connectivity index (χ1v) is 8.39. The Morgan fingerprint density at radius 2 is 1.91 bits per heavy atom. The molecule has 1 saturated carbocycles. The monoisotopic (exact) mass is 338 g/mol. The number of hydrogen-bond donors (Lipinski definition) is 2. The van der Waals surface area contributed by atoms with Crippen LogP contribution < -0.4 is 10.6 Å². The minimum absolute atomic E-state index is 0.168. The molecule has 0 atom stereocenters. The van der Waals surface area contributed by atoms with E-state index in [1.807, 2.05) is 0 Å². The number of nitrogens with one attached hydrogen (secondary N) is 2. The van der Waals surface area contributed by atoms with E-state index in [1.165, 1.54) is 38.9 Å². The van der Waals surface area contributed by atoms with Gasteiger partial charge in [0, 0.05) is 6.04 Å². The van der Waals surface area contributed by atoms with Crippen molar-refractivity contribution in [1.29, 1.82) is 0 Å². The van der Waals surface area contributed by atoms with Crippen LogP contribution in [0.25, 0.3) is 0 Å². The van der Waals surface area contributed by atoms with Gasteiger partial charge in [-0.2, -0.15) is 0 Å². The van der Waals surface area contributed by atoms with E-state index in [4.69, 9.17) is 11.6 Å². The van der Waals surface area contributed by atoms with Gasteiger partial charge in [-0.15, -0.1) is 0 Å². The first-order valence-electron chi connectivity index (χ1n) is 8.01. The van der Waals surface area contributed by atoms with E-state index in [0.29, 0.717) is 22.3 Å². The van der Waals surface area contributed by atoms with Gasteiger partial charge in [0.1, 0.15) is 0 Å². The Kier molecular flexibility index (Phi) is 6.86. The molecule has 0 aromatic heterocycles. The predicted octanol–water partition coefficient (Wildman–Crippen LogP) is 3.38. The van der Waals surface area contributed by atoms with Gasteiger partial charge in [-0.25, -0.2) is 4.79 Å². The molecular weight excluding hydrogens is 316 g/mol. The molecule has 0 heterocycles. The van der Waals surface area contributed by atoms with Gasteiger partial charge in [-0.3, -0.25) is 4.79 Å². The van der Waals surface area contributed by atoms with Crippen LogP contribution in [-0.2, 0) is 9.53 Å². The molecule has 1 fully saturated rings. The normalized spacial score (nSPS) is 15.7. The van der Waals surface area contributed by atoms with Gasteiger partial charge in [0.2, 0.25) is 5.91 Å². The van der Waals surface area contributed by atoms with E-state index in [2.05, 4.69) is 15.4 Å². The third-order valence-electron chi connectivity index (χ3n) is 4.07. The zero-order valence-corrected chi connectivity index (χ0v) is 14.1. The molecule has 0 aliphatic heterocycles. The predicted molar refractivity (Wildman–Crippen MR) is 90.9 cm³/mol. The molecule has 0 radical (unpaired) electrons. The van der Waals surface area contributed by atoms with Crippen LogP contribution in [0.4, 0.5) is 5.69 Å². The Morgan fingerprint density at radius 1 is 1.22 bits per heavy atom. The van der Waals surface area contributed by atoms with Crippen LogP contribution >= 0.6 is 11.6 Å². The number of benzene rings is 1. The van der Waals surface area contributed by atoms with E-state index < -0.39 is 5.97 Å². The summed E-state index contributed by atoms with van der Waals surface area (Å²) in [6.45, 7) is 0.240. The molecule has 0 bridgehead atoms. The summed E-state index contributed by atoms with van der Waals surface area (Å²) in [4.78, 5) is 23.6. The Labute approximate surface area is 141 Å². The molecule has 2 rings (SSSR count). The van der Waals surface area contributed by atoms with Crippen LogP contribution in [0.2, 0.25) is 5.02 Å². The van der Waals surface area contributed by atoms with Gasteiger partial charge in [-0.1, -0.05) is 37.3 Å². The Morgan fingerprint density at radius 3 is 2.57 bits per heavy atom. The molecule has 1 aromatic rings. The summed E-state index contributed by atoms with van der Waals surface area (Å²) >= 11 is 6.07. The fourth-order valence-electron chi connectivity index (χ4n) is 2.78. The molecule has 0 unspecified atom stereocenters. The minimum atomic E-state index is -0.464. The molecule has 1 aliphatic carbocycles. The lowest BCUT2D eigenvalue weighted by Gasteiger charge is -2.16. The van der Waals surface area contributed by atoms with Crippen molar-refractivity contribution in [2.45, 2.75) is 44.6 Å². The maximum absolute atomic E-state index is 12.1. The van der Waals surface area contributed by atoms with Crippen LogP contribution in [0.15, 0.2) is 18.2 Å². The Hall–Kier alpha value is -1.59. The largest absolute Gasteiger partial charge is 0.465 e. The van der Waals surface area contributed by atoms with Gasteiger partial charge < -0.3 is 15.4 Å². The average Bonchev–Trinajstić information content (AvgIpc) is 2.83. The van der Waals surface area contributed by atoms with Gasteiger partial charge in [0.15, 0.2) is 0 Å². The van der Waals surface area contributed by atoms with E-state index in [9.17, 15) is 9.59 Å². The summed E-state index contributed by atoms with van der Waals surface area (Å²) in [6, 6.07) is 5.06. The molecule has 1 aliphatic rings. The molecule has 1 aromatic carbocycles. The first-order chi connectivity index (χ1) is 11.1. The third kappa shape index (κ3) is 5.52. The third-order valence-corrected chi connectivity index (χ3v) is 4.40. The lowest BCUT2D eigenvalue weighted by Crippen LogP contribution is -2.35. The number of ether oxygens (including phenoxy) is 1. The Balaban J connectivity index is 1.90. The maximum atomic E-state index is 12.1. The lowest BCUT2D eigenvalue weighted by molar-refractivity contribution is -0.115. The number of amides is 1. The van der Waals surface area contributed by atoms with E-state index in [-0.39, 0.29) is 12.5 Å². The standard InChI is InChI=1S/C17H23ClN2O3/c1-23-17(22)12-8-9-14(18)15(10-12)20-16(21)11-19-13-6-4-2-3-5-7-13/h8-10,13,19H,2-7,11H2,1H3,(H,20,21). The lowest BCUT2D eigenvalue weighted by atomic mass is 10.1. The maximum Gasteiger partial charge on any atom is 0.337 e. The molecule has 5 nitrogen and oxygen atoms in total. The number of methoxy groups -OCH3 is 1. The zero-order chi connectivity index (χ0) is 16.7. The van der Waals surface area contributed by atoms with Crippen LogP contribution in [0.1, 0.15) is 48.9 Å². The van der Waals surface area contributed by atoms with E-state index >= 15 is 0 Å². The number of esters is 1. The van der Waals surface area contributed by atoms with Gasteiger partial charge in [0.05, 0.1) is 29.9 Å². The summed E-state index contributed by atoms with van der Waals surface area (Å²) in [5, 5.41) is 6.44. The minimum Gasteiger partial charge on any atom is -0.465 e. The highest BCUT2D eigenvalue weighted by Gasteiger charge is 2.14. The zero-order valence-electron chi connectivity index (χ0n) is 13.4.